The lowest BCUT2D eigenvalue weighted by atomic mass is 10.4. The monoisotopic (exact) mass is 254 g/mol. The van der Waals surface area contributed by atoms with Gasteiger partial charge in [-0.05, 0) is 12.1 Å². The van der Waals surface area contributed by atoms with Gasteiger partial charge in [0.15, 0.2) is 10.8 Å². The molecule has 0 spiro atoms. The highest BCUT2D eigenvalue weighted by atomic mass is 32.2. The summed E-state index contributed by atoms with van der Waals surface area (Å²) in [7, 11) is -2.15. The molecule has 0 unspecified atom stereocenters. The maximum atomic E-state index is 12.0. The van der Waals surface area contributed by atoms with Gasteiger partial charge in [0, 0.05) is 19.3 Å². The highest BCUT2D eigenvalue weighted by molar-refractivity contribution is 7.92. The third-order valence-electron chi connectivity index (χ3n) is 1.97. The molecule has 8 heteroatoms. The molecule has 0 atom stereocenters. The third kappa shape index (κ3) is 2.36. The molecule has 0 saturated carbocycles. The van der Waals surface area contributed by atoms with Gasteiger partial charge in [-0.25, -0.2) is 4.98 Å². The van der Waals surface area contributed by atoms with Crippen molar-refractivity contribution in [3.05, 3.63) is 30.7 Å². The first-order valence-corrected chi connectivity index (χ1v) is 6.18. The molecule has 2 aromatic heterocycles. The molecule has 2 aromatic rings. The predicted octanol–water partition coefficient (Wildman–Crippen LogP) is 0.912. The first-order valence-electron chi connectivity index (χ1n) is 4.69. The van der Waals surface area contributed by atoms with Crippen molar-refractivity contribution in [1.29, 1.82) is 0 Å². The predicted molar refractivity (Wildman–Crippen MR) is 61.1 cm³/mol. The Bertz CT molecular complexity index is 594. The minimum atomic E-state index is -3.77. The summed E-state index contributed by atoms with van der Waals surface area (Å²) in [6.07, 6.45) is 2.67. The van der Waals surface area contributed by atoms with Gasteiger partial charge >= 0.3 is 0 Å². The van der Waals surface area contributed by atoms with Crippen LogP contribution in [0, 0.1) is 0 Å². The second-order valence-electron chi connectivity index (χ2n) is 3.10. The highest BCUT2D eigenvalue weighted by Crippen LogP contribution is 2.19. The van der Waals surface area contributed by atoms with Crippen LogP contribution in [0.5, 0.6) is 0 Å². The summed E-state index contributed by atoms with van der Waals surface area (Å²) in [4.78, 5) is 3.83. The normalized spacial score (nSPS) is 11.1. The quantitative estimate of drug-likeness (QED) is 0.841. The highest BCUT2D eigenvalue weighted by Gasteiger charge is 2.20. The van der Waals surface area contributed by atoms with Crippen LogP contribution in [0.3, 0.4) is 0 Å². The van der Waals surface area contributed by atoms with E-state index >= 15 is 0 Å². The first-order chi connectivity index (χ1) is 8.13. The lowest BCUT2D eigenvalue weighted by Gasteiger charge is -2.08. The Balaban J connectivity index is 2.38. The Morgan fingerprint density at radius 2 is 2.18 bits per heavy atom. The lowest BCUT2D eigenvalue weighted by molar-refractivity contribution is 0.423. The van der Waals surface area contributed by atoms with Gasteiger partial charge in [0.25, 0.3) is 10.0 Å². The molecule has 0 aromatic carbocycles. The van der Waals surface area contributed by atoms with E-state index in [9.17, 15) is 8.42 Å². The maximum absolute atomic E-state index is 12.0. The van der Waals surface area contributed by atoms with Crippen LogP contribution in [0.15, 0.2) is 40.2 Å². The Morgan fingerprint density at radius 3 is 2.82 bits per heavy atom. The van der Waals surface area contributed by atoms with Crippen molar-refractivity contribution in [3.63, 3.8) is 0 Å². The third-order valence-corrected chi connectivity index (χ3v) is 3.28. The lowest BCUT2D eigenvalue weighted by Crippen LogP contribution is -2.16. The molecule has 17 heavy (non-hydrogen) atoms. The molecule has 2 rings (SSSR count). The molecule has 0 radical (unpaired) electrons. The van der Waals surface area contributed by atoms with E-state index in [0.29, 0.717) is 5.69 Å². The fourth-order valence-electron chi connectivity index (χ4n) is 1.25. The van der Waals surface area contributed by atoms with Crippen LogP contribution >= 0.6 is 0 Å². The van der Waals surface area contributed by atoms with Crippen LogP contribution in [-0.4, -0.2) is 25.6 Å². The molecule has 0 aliphatic heterocycles. The number of rotatable bonds is 4. The van der Waals surface area contributed by atoms with E-state index in [1.807, 2.05) is 0 Å². The molecule has 0 amide bonds. The molecule has 0 bridgehead atoms. The van der Waals surface area contributed by atoms with Crippen LogP contribution in [0.2, 0.25) is 0 Å². The van der Waals surface area contributed by atoms with Crippen molar-refractivity contribution in [2.45, 2.75) is 5.03 Å². The van der Waals surface area contributed by atoms with Gasteiger partial charge in [-0.2, -0.15) is 8.42 Å². The Morgan fingerprint density at radius 1 is 1.35 bits per heavy atom. The minimum Gasteiger partial charge on any atom is -0.386 e. The largest absolute Gasteiger partial charge is 0.386 e. The van der Waals surface area contributed by atoms with Crippen LogP contribution in [0.1, 0.15) is 0 Å². The minimum absolute atomic E-state index is 0.0921. The molecule has 0 fully saturated rings. The van der Waals surface area contributed by atoms with Crippen LogP contribution in [0.25, 0.3) is 0 Å². The van der Waals surface area contributed by atoms with Gasteiger partial charge in [-0.1, -0.05) is 5.16 Å². The molecule has 90 valence electrons. The van der Waals surface area contributed by atoms with Crippen molar-refractivity contribution in [1.82, 2.24) is 10.1 Å². The topological polar surface area (TPSA) is 97.1 Å². The van der Waals surface area contributed by atoms with Crippen molar-refractivity contribution < 1.29 is 12.9 Å². The molecule has 2 heterocycles. The zero-order chi connectivity index (χ0) is 12.3. The molecule has 0 saturated heterocycles. The fraction of sp³-hybridized carbons (Fsp3) is 0.111. The zero-order valence-corrected chi connectivity index (χ0v) is 9.73. The molecule has 0 aliphatic rings. The smallest absolute Gasteiger partial charge is 0.282 e. The average molecular weight is 254 g/mol. The number of nitrogens with one attached hydrogen (secondary N) is 2. The molecule has 2 N–H and O–H groups in total. The van der Waals surface area contributed by atoms with Crippen LogP contribution in [-0.2, 0) is 10.0 Å². The van der Waals surface area contributed by atoms with E-state index in [-0.39, 0.29) is 10.8 Å². The average Bonchev–Trinajstić information content (AvgIpc) is 2.81. The number of aromatic nitrogens is 2. The number of anilines is 2. The van der Waals surface area contributed by atoms with Crippen molar-refractivity contribution in [2.24, 2.45) is 0 Å². The van der Waals surface area contributed by atoms with Gasteiger partial charge in [0.2, 0.25) is 0 Å². The van der Waals surface area contributed by atoms with E-state index in [2.05, 4.69) is 24.7 Å². The van der Waals surface area contributed by atoms with Gasteiger partial charge in [0.1, 0.15) is 6.26 Å². The summed E-state index contributed by atoms with van der Waals surface area (Å²) in [5.41, 5.74) is 0.406. The Kier molecular flexibility index (Phi) is 2.96. The summed E-state index contributed by atoms with van der Waals surface area (Å²) in [5.74, 6) is 0.109. The second kappa shape index (κ2) is 4.42. The van der Waals surface area contributed by atoms with Crippen molar-refractivity contribution in [2.75, 3.05) is 17.1 Å². The van der Waals surface area contributed by atoms with Gasteiger partial charge < -0.3 is 9.84 Å². The summed E-state index contributed by atoms with van der Waals surface area (Å²) in [6, 6.07) is 4.66. The number of hydrogen-bond acceptors (Lipinski definition) is 6. The second-order valence-corrected chi connectivity index (χ2v) is 4.69. The van der Waals surface area contributed by atoms with E-state index in [1.165, 1.54) is 18.5 Å². The SMILES string of the molecule is CNc1cccnc1S(=O)(=O)Nc1ccon1. The summed E-state index contributed by atoms with van der Waals surface area (Å²) in [5, 5.41) is 6.13. The number of nitrogens with zero attached hydrogens (tertiary/aromatic N) is 2. The molecule has 0 aliphatic carbocycles. The van der Waals surface area contributed by atoms with E-state index in [1.54, 1.807) is 19.2 Å². The van der Waals surface area contributed by atoms with Gasteiger partial charge in [-0.15, -0.1) is 0 Å². The van der Waals surface area contributed by atoms with E-state index in [0.717, 1.165) is 0 Å². The first kappa shape index (κ1) is 11.4. The number of hydrogen-bond donors (Lipinski definition) is 2. The zero-order valence-electron chi connectivity index (χ0n) is 8.91. The number of pyridine rings is 1. The molecular formula is C9H10N4O3S. The van der Waals surface area contributed by atoms with Gasteiger partial charge in [-0.3, -0.25) is 4.72 Å². The molecular weight excluding hydrogens is 244 g/mol. The summed E-state index contributed by atoms with van der Waals surface area (Å²) >= 11 is 0. The van der Waals surface area contributed by atoms with Crippen LogP contribution in [0.4, 0.5) is 11.5 Å². The number of sulfonamides is 1. The standard InChI is InChI=1S/C9H10N4O3S/c1-10-7-3-2-5-11-9(7)17(14,15)13-8-4-6-16-12-8/h2-6,10H,1H3,(H,12,13). The van der Waals surface area contributed by atoms with Crippen LogP contribution < -0.4 is 10.0 Å². The summed E-state index contributed by atoms with van der Waals surface area (Å²) in [6.45, 7) is 0. The van der Waals surface area contributed by atoms with E-state index in [4.69, 9.17) is 0 Å². The van der Waals surface area contributed by atoms with Crippen molar-refractivity contribution in [3.8, 4) is 0 Å². The van der Waals surface area contributed by atoms with Gasteiger partial charge in [0.05, 0.1) is 5.69 Å². The summed E-state index contributed by atoms with van der Waals surface area (Å²) < 4.78 is 30.8. The Hall–Kier alpha value is -2.09. The molecule has 7 nitrogen and oxygen atoms in total. The Labute approximate surface area is 97.9 Å². The van der Waals surface area contributed by atoms with Crippen molar-refractivity contribution >= 4 is 21.5 Å². The maximum Gasteiger partial charge on any atom is 0.282 e. The van der Waals surface area contributed by atoms with E-state index < -0.39 is 10.0 Å². The fourth-order valence-corrected chi connectivity index (χ4v) is 2.38.